The highest BCUT2D eigenvalue weighted by Crippen LogP contribution is 2.19. The lowest BCUT2D eigenvalue weighted by molar-refractivity contribution is -0.120. The third-order valence-electron chi connectivity index (χ3n) is 3.01. The van der Waals surface area contributed by atoms with Gasteiger partial charge in [-0.15, -0.1) is 0 Å². The summed E-state index contributed by atoms with van der Waals surface area (Å²) in [6.07, 6.45) is 2.41. The summed E-state index contributed by atoms with van der Waals surface area (Å²) in [4.78, 5) is 11.9. The summed E-state index contributed by atoms with van der Waals surface area (Å²) in [5.41, 5.74) is 0.816. The van der Waals surface area contributed by atoms with Crippen LogP contribution >= 0.6 is 0 Å². The third kappa shape index (κ3) is 3.54. The van der Waals surface area contributed by atoms with Crippen molar-refractivity contribution in [1.82, 2.24) is 9.62 Å². The molecule has 1 aromatic rings. The van der Waals surface area contributed by atoms with Gasteiger partial charge in [0.1, 0.15) is 0 Å². The summed E-state index contributed by atoms with van der Waals surface area (Å²) in [6.45, 7) is 0. The fourth-order valence-corrected chi connectivity index (χ4v) is 2.58. The number of carbonyl (C=O) groups is 1. The van der Waals surface area contributed by atoms with Crippen molar-refractivity contribution in [2.45, 2.75) is 30.2 Å². The second-order valence-electron chi connectivity index (χ2n) is 4.95. The van der Waals surface area contributed by atoms with E-state index in [9.17, 15) is 13.2 Å². The molecule has 1 aliphatic carbocycles. The Bertz CT molecular complexity index is 560. The highest BCUT2D eigenvalue weighted by atomic mass is 32.2. The van der Waals surface area contributed by atoms with E-state index in [-0.39, 0.29) is 10.8 Å². The van der Waals surface area contributed by atoms with Gasteiger partial charge in [-0.25, -0.2) is 12.7 Å². The standard InChI is InChI=1S/C13H18N2O3S/c1-15(2)19(17,18)12-7-3-10(4-8-12)9-13(16)14-11-5-6-11/h3-4,7-8,11H,5-6,9H2,1-2H3,(H,14,16). The van der Waals surface area contributed by atoms with E-state index >= 15 is 0 Å². The molecular weight excluding hydrogens is 264 g/mol. The van der Waals surface area contributed by atoms with Gasteiger partial charge < -0.3 is 5.32 Å². The van der Waals surface area contributed by atoms with Crippen LogP contribution in [0.25, 0.3) is 0 Å². The van der Waals surface area contributed by atoms with E-state index in [4.69, 9.17) is 0 Å². The van der Waals surface area contributed by atoms with Crippen LogP contribution in [-0.4, -0.2) is 38.8 Å². The van der Waals surface area contributed by atoms with Crippen LogP contribution in [0.1, 0.15) is 18.4 Å². The minimum absolute atomic E-state index is 0.00860. The summed E-state index contributed by atoms with van der Waals surface area (Å²) in [7, 11) is -0.414. The molecule has 0 unspecified atom stereocenters. The number of sulfonamides is 1. The molecule has 0 aliphatic heterocycles. The molecule has 1 aromatic carbocycles. The molecule has 0 spiro atoms. The molecule has 1 fully saturated rings. The minimum atomic E-state index is -3.40. The van der Waals surface area contributed by atoms with Crippen molar-refractivity contribution in [3.63, 3.8) is 0 Å². The van der Waals surface area contributed by atoms with Gasteiger partial charge in [-0.1, -0.05) is 12.1 Å². The molecule has 19 heavy (non-hydrogen) atoms. The number of amides is 1. The van der Waals surface area contributed by atoms with Gasteiger partial charge in [-0.05, 0) is 30.5 Å². The van der Waals surface area contributed by atoms with Crippen molar-refractivity contribution in [3.8, 4) is 0 Å². The van der Waals surface area contributed by atoms with Crippen LogP contribution in [0.3, 0.4) is 0 Å². The zero-order chi connectivity index (χ0) is 14.0. The Labute approximate surface area is 113 Å². The second kappa shape index (κ2) is 5.30. The van der Waals surface area contributed by atoms with Crippen molar-refractivity contribution >= 4 is 15.9 Å². The fraction of sp³-hybridized carbons (Fsp3) is 0.462. The van der Waals surface area contributed by atoms with Gasteiger partial charge in [-0.2, -0.15) is 0 Å². The Morgan fingerprint density at radius 1 is 1.26 bits per heavy atom. The van der Waals surface area contributed by atoms with Crippen LogP contribution in [0.2, 0.25) is 0 Å². The number of rotatable bonds is 5. The predicted molar refractivity (Wildman–Crippen MR) is 72.2 cm³/mol. The molecule has 104 valence electrons. The van der Waals surface area contributed by atoms with Gasteiger partial charge in [0.2, 0.25) is 15.9 Å². The number of nitrogens with zero attached hydrogens (tertiary/aromatic N) is 1. The minimum Gasteiger partial charge on any atom is -0.353 e. The van der Waals surface area contributed by atoms with Crippen molar-refractivity contribution < 1.29 is 13.2 Å². The maximum Gasteiger partial charge on any atom is 0.242 e. The first-order valence-electron chi connectivity index (χ1n) is 6.20. The van der Waals surface area contributed by atoms with Crippen molar-refractivity contribution in [2.24, 2.45) is 0 Å². The topological polar surface area (TPSA) is 66.5 Å². The first kappa shape index (κ1) is 14.0. The summed E-state index contributed by atoms with van der Waals surface area (Å²) in [6, 6.07) is 6.79. The summed E-state index contributed by atoms with van der Waals surface area (Å²) in [5.74, 6) is -0.00860. The lowest BCUT2D eigenvalue weighted by atomic mass is 10.1. The summed E-state index contributed by atoms with van der Waals surface area (Å²) >= 11 is 0. The van der Waals surface area contributed by atoms with Gasteiger partial charge in [0, 0.05) is 20.1 Å². The van der Waals surface area contributed by atoms with Crippen molar-refractivity contribution in [1.29, 1.82) is 0 Å². The predicted octanol–water partition coefficient (Wildman–Crippen LogP) is 0.758. The van der Waals surface area contributed by atoms with Crippen LogP contribution in [-0.2, 0) is 21.2 Å². The number of hydrogen-bond acceptors (Lipinski definition) is 3. The quantitative estimate of drug-likeness (QED) is 0.867. The molecule has 0 radical (unpaired) electrons. The largest absolute Gasteiger partial charge is 0.353 e. The average molecular weight is 282 g/mol. The van der Waals surface area contributed by atoms with Crippen LogP contribution in [0.15, 0.2) is 29.2 Å². The van der Waals surface area contributed by atoms with Gasteiger partial charge in [0.05, 0.1) is 11.3 Å². The molecule has 1 amide bonds. The highest BCUT2D eigenvalue weighted by Gasteiger charge is 2.23. The van der Waals surface area contributed by atoms with E-state index in [1.54, 1.807) is 12.1 Å². The highest BCUT2D eigenvalue weighted by molar-refractivity contribution is 7.89. The Balaban J connectivity index is 2.03. The normalized spacial score (nSPS) is 15.5. The van der Waals surface area contributed by atoms with Crippen molar-refractivity contribution in [2.75, 3.05) is 14.1 Å². The van der Waals surface area contributed by atoms with E-state index in [1.165, 1.54) is 30.5 Å². The number of carbonyl (C=O) groups excluding carboxylic acids is 1. The van der Waals surface area contributed by atoms with E-state index < -0.39 is 10.0 Å². The summed E-state index contributed by atoms with van der Waals surface area (Å²) < 4.78 is 24.9. The molecule has 0 atom stereocenters. The average Bonchev–Trinajstić information content (AvgIpc) is 3.13. The molecule has 1 saturated carbocycles. The molecule has 0 aromatic heterocycles. The Morgan fingerprint density at radius 2 is 1.84 bits per heavy atom. The van der Waals surface area contributed by atoms with E-state index in [0.29, 0.717) is 12.5 Å². The Hall–Kier alpha value is -1.40. The molecule has 0 heterocycles. The first-order valence-corrected chi connectivity index (χ1v) is 7.64. The molecule has 0 bridgehead atoms. The van der Waals surface area contributed by atoms with Crippen LogP contribution < -0.4 is 5.32 Å². The lowest BCUT2D eigenvalue weighted by Crippen LogP contribution is -2.27. The monoisotopic (exact) mass is 282 g/mol. The van der Waals surface area contributed by atoms with E-state index in [0.717, 1.165) is 18.4 Å². The molecule has 6 heteroatoms. The van der Waals surface area contributed by atoms with E-state index in [1.807, 2.05) is 0 Å². The number of benzene rings is 1. The summed E-state index contributed by atoms with van der Waals surface area (Å²) in [5, 5.41) is 2.90. The van der Waals surface area contributed by atoms with Crippen LogP contribution in [0.5, 0.6) is 0 Å². The number of nitrogens with one attached hydrogen (secondary N) is 1. The van der Waals surface area contributed by atoms with Crippen molar-refractivity contribution in [3.05, 3.63) is 29.8 Å². The molecule has 2 rings (SSSR count). The van der Waals surface area contributed by atoms with Gasteiger partial charge in [0.15, 0.2) is 0 Å². The zero-order valence-electron chi connectivity index (χ0n) is 11.1. The van der Waals surface area contributed by atoms with Gasteiger partial charge in [-0.3, -0.25) is 4.79 Å². The van der Waals surface area contributed by atoms with E-state index in [2.05, 4.69) is 5.32 Å². The van der Waals surface area contributed by atoms with Crippen LogP contribution in [0, 0.1) is 0 Å². The first-order chi connectivity index (χ1) is 8.89. The maximum atomic E-state index is 11.9. The lowest BCUT2D eigenvalue weighted by Gasteiger charge is -2.11. The molecule has 0 saturated heterocycles. The fourth-order valence-electron chi connectivity index (χ4n) is 1.68. The van der Waals surface area contributed by atoms with Gasteiger partial charge >= 0.3 is 0 Å². The second-order valence-corrected chi connectivity index (χ2v) is 7.10. The third-order valence-corrected chi connectivity index (χ3v) is 4.84. The zero-order valence-corrected chi connectivity index (χ0v) is 11.9. The van der Waals surface area contributed by atoms with Gasteiger partial charge in [0.25, 0.3) is 0 Å². The molecule has 1 aliphatic rings. The molecule has 5 nitrogen and oxygen atoms in total. The number of hydrogen-bond donors (Lipinski definition) is 1. The maximum absolute atomic E-state index is 11.9. The molecular formula is C13H18N2O3S. The Kier molecular flexibility index (Phi) is 3.91. The SMILES string of the molecule is CN(C)S(=O)(=O)c1ccc(CC(=O)NC2CC2)cc1. The Morgan fingerprint density at radius 3 is 2.32 bits per heavy atom. The van der Waals surface area contributed by atoms with Crippen LogP contribution in [0.4, 0.5) is 0 Å². The smallest absolute Gasteiger partial charge is 0.242 e. The molecule has 1 N–H and O–H groups in total.